The molecule has 17 heavy (non-hydrogen) atoms. The second-order valence-electron chi connectivity index (χ2n) is 5.65. The summed E-state index contributed by atoms with van der Waals surface area (Å²) in [4.78, 5) is 2.47. The van der Waals surface area contributed by atoms with Gasteiger partial charge in [-0.1, -0.05) is 0 Å². The van der Waals surface area contributed by atoms with Crippen LogP contribution in [0.5, 0.6) is 0 Å². The predicted molar refractivity (Wildman–Crippen MR) is 68.8 cm³/mol. The first kappa shape index (κ1) is 11.1. The van der Waals surface area contributed by atoms with Gasteiger partial charge in [0.25, 0.3) is 0 Å². The van der Waals surface area contributed by atoms with Gasteiger partial charge in [-0.3, -0.25) is 4.90 Å². The zero-order valence-electron chi connectivity index (χ0n) is 10.8. The van der Waals surface area contributed by atoms with Gasteiger partial charge in [-0.05, 0) is 39.5 Å². The van der Waals surface area contributed by atoms with Crippen LogP contribution in [0, 0.1) is 0 Å². The third-order valence-electron chi connectivity index (χ3n) is 4.29. The van der Waals surface area contributed by atoms with Gasteiger partial charge in [0.15, 0.2) is 0 Å². The lowest BCUT2D eigenvalue weighted by atomic mass is 9.93. The van der Waals surface area contributed by atoms with Crippen molar-refractivity contribution in [3.63, 3.8) is 0 Å². The molecule has 1 saturated carbocycles. The minimum Gasteiger partial charge on any atom is -0.384 e. The predicted octanol–water partition coefficient (Wildman–Crippen LogP) is 1.96. The van der Waals surface area contributed by atoms with E-state index in [4.69, 9.17) is 10.8 Å². The van der Waals surface area contributed by atoms with Gasteiger partial charge in [0.1, 0.15) is 5.82 Å². The molecule has 0 saturated heterocycles. The molecular formula is C13H22N4. The molecular weight excluding hydrogens is 212 g/mol. The second kappa shape index (κ2) is 4.02. The highest BCUT2D eigenvalue weighted by Crippen LogP contribution is 2.35. The summed E-state index contributed by atoms with van der Waals surface area (Å²) in [5.74, 6) is 0.938. The molecule has 4 nitrogen and oxygen atoms in total. The molecule has 0 radical (unpaired) electrons. The van der Waals surface area contributed by atoms with Gasteiger partial charge in [-0.25, -0.2) is 4.68 Å². The number of nitrogens with two attached hydrogens (primary N) is 1. The molecule has 0 unspecified atom stereocenters. The summed E-state index contributed by atoms with van der Waals surface area (Å²) < 4.78 is 2.10. The van der Waals surface area contributed by atoms with Gasteiger partial charge >= 0.3 is 0 Å². The van der Waals surface area contributed by atoms with Gasteiger partial charge in [0, 0.05) is 24.7 Å². The Morgan fingerprint density at radius 3 is 2.71 bits per heavy atom. The maximum Gasteiger partial charge on any atom is 0.125 e. The van der Waals surface area contributed by atoms with Crippen LogP contribution < -0.4 is 5.73 Å². The molecule has 2 aliphatic rings. The Morgan fingerprint density at radius 2 is 2.12 bits per heavy atom. The maximum atomic E-state index is 6.24. The molecule has 0 aromatic carbocycles. The molecule has 0 amide bonds. The van der Waals surface area contributed by atoms with Crippen LogP contribution in [0.25, 0.3) is 0 Å². The van der Waals surface area contributed by atoms with Crippen molar-refractivity contribution in [3.8, 4) is 0 Å². The molecule has 1 aliphatic carbocycles. The van der Waals surface area contributed by atoms with E-state index in [9.17, 15) is 0 Å². The summed E-state index contributed by atoms with van der Waals surface area (Å²) in [6.07, 6.45) is 4.89. The summed E-state index contributed by atoms with van der Waals surface area (Å²) in [6, 6.07) is 1.17. The third-order valence-corrected chi connectivity index (χ3v) is 4.29. The van der Waals surface area contributed by atoms with Crippen LogP contribution in [0.2, 0.25) is 0 Å². The Morgan fingerprint density at radius 1 is 1.35 bits per heavy atom. The largest absolute Gasteiger partial charge is 0.384 e. The highest BCUT2D eigenvalue weighted by molar-refractivity contribution is 5.45. The molecule has 4 heteroatoms. The monoisotopic (exact) mass is 234 g/mol. The average molecular weight is 234 g/mol. The van der Waals surface area contributed by atoms with Gasteiger partial charge in [0.05, 0.1) is 11.7 Å². The Bertz CT molecular complexity index is 417. The number of nitrogens with zero attached hydrogens (tertiary/aromatic N) is 3. The van der Waals surface area contributed by atoms with E-state index in [1.54, 1.807) is 0 Å². The van der Waals surface area contributed by atoms with Crippen molar-refractivity contribution in [1.29, 1.82) is 0 Å². The maximum absolute atomic E-state index is 6.24. The lowest BCUT2D eigenvalue weighted by Crippen LogP contribution is -2.35. The number of hydrogen-bond acceptors (Lipinski definition) is 3. The van der Waals surface area contributed by atoms with Crippen molar-refractivity contribution in [2.75, 3.05) is 12.3 Å². The first-order valence-corrected chi connectivity index (χ1v) is 6.76. The van der Waals surface area contributed by atoms with Gasteiger partial charge in [-0.15, -0.1) is 0 Å². The summed E-state index contributed by atoms with van der Waals surface area (Å²) in [5, 5.41) is 4.75. The second-order valence-corrected chi connectivity index (χ2v) is 5.65. The van der Waals surface area contributed by atoms with Gasteiger partial charge in [0.2, 0.25) is 0 Å². The molecule has 1 aromatic heterocycles. The molecule has 1 aromatic rings. The van der Waals surface area contributed by atoms with E-state index >= 15 is 0 Å². The Labute approximate surface area is 103 Å². The smallest absolute Gasteiger partial charge is 0.125 e. The highest BCUT2D eigenvalue weighted by atomic mass is 15.4. The van der Waals surface area contributed by atoms with E-state index in [2.05, 4.69) is 23.4 Å². The average Bonchev–Trinajstić information content (AvgIpc) is 2.54. The summed E-state index contributed by atoms with van der Waals surface area (Å²) in [6.45, 7) is 6.58. The van der Waals surface area contributed by atoms with Crippen molar-refractivity contribution >= 4 is 5.82 Å². The summed E-state index contributed by atoms with van der Waals surface area (Å²) in [5.41, 5.74) is 8.77. The summed E-state index contributed by atoms with van der Waals surface area (Å²) >= 11 is 0. The van der Waals surface area contributed by atoms with Crippen LogP contribution in [-0.4, -0.2) is 27.3 Å². The topological polar surface area (TPSA) is 47.1 Å². The first-order chi connectivity index (χ1) is 8.16. The van der Waals surface area contributed by atoms with Gasteiger partial charge < -0.3 is 5.73 Å². The van der Waals surface area contributed by atoms with E-state index in [-0.39, 0.29) is 0 Å². The number of rotatable bonds is 2. The fraction of sp³-hybridized carbons (Fsp3) is 0.769. The molecule has 1 aliphatic heterocycles. The van der Waals surface area contributed by atoms with E-state index < -0.39 is 0 Å². The third kappa shape index (κ3) is 1.75. The molecule has 0 spiro atoms. The van der Waals surface area contributed by atoms with Crippen LogP contribution in [0.1, 0.15) is 50.4 Å². The first-order valence-electron chi connectivity index (χ1n) is 6.76. The van der Waals surface area contributed by atoms with Crippen LogP contribution in [0.15, 0.2) is 0 Å². The minimum absolute atomic E-state index is 0.577. The Hall–Kier alpha value is -1.03. The van der Waals surface area contributed by atoms with E-state index in [1.165, 1.54) is 30.5 Å². The fourth-order valence-corrected chi connectivity index (χ4v) is 2.81. The number of anilines is 1. The molecule has 94 valence electrons. The minimum atomic E-state index is 0.577. The zero-order chi connectivity index (χ0) is 12.0. The normalized spacial score (nSPS) is 21.6. The van der Waals surface area contributed by atoms with Crippen LogP contribution >= 0.6 is 0 Å². The standard InChI is InChI=1S/C13H22N4/c1-9(2)16-7-6-11-12(8-16)15-17(13(11)14)10-4-3-5-10/h9-10H,3-8,14H2,1-2H3. The molecule has 0 bridgehead atoms. The number of aromatic nitrogens is 2. The Kier molecular flexibility index (Phi) is 2.62. The fourth-order valence-electron chi connectivity index (χ4n) is 2.81. The molecule has 0 atom stereocenters. The van der Waals surface area contributed by atoms with Gasteiger partial charge in [-0.2, -0.15) is 5.10 Å². The van der Waals surface area contributed by atoms with Crippen LogP contribution in [0.3, 0.4) is 0 Å². The van der Waals surface area contributed by atoms with E-state index in [0.717, 1.165) is 25.3 Å². The highest BCUT2D eigenvalue weighted by Gasteiger charge is 2.29. The number of hydrogen-bond donors (Lipinski definition) is 1. The lowest BCUT2D eigenvalue weighted by molar-refractivity contribution is 0.199. The van der Waals surface area contributed by atoms with Crippen molar-refractivity contribution < 1.29 is 0 Å². The SMILES string of the molecule is CC(C)N1CCc2c(nn(C3CCC3)c2N)C1. The molecule has 1 fully saturated rings. The zero-order valence-corrected chi connectivity index (χ0v) is 10.8. The van der Waals surface area contributed by atoms with Crippen molar-refractivity contribution in [1.82, 2.24) is 14.7 Å². The number of fused-ring (bicyclic) bond motifs is 1. The van der Waals surface area contributed by atoms with Crippen molar-refractivity contribution in [2.45, 2.75) is 58.2 Å². The molecule has 2 N–H and O–H groups in total. The molecule has 2 heterocycles. The Balaban J connectivity index is 1.88. The number of nitrogen functional groups attached to an aromatic ring is 1. The molecule has 3 rings (SSSR count). The van der Waals surface area contributed by atoms with Crippen LogP contribution in [0.4, 0.5) is 5.82 Å². The summed E-state index contributed by atoms with van der Waals surface area (Å²) in [7, 11) is 0. The van der Waals surface area contributed by atoms with Crippen LogP contribution in [-0.2, 0) is 13.0 Å². The van der Waals surface area contributed by atoms with Crippen molar-refractivity contribution in [2.24, 2.45) is 0 Å². The quantitative estimate of drug-likeness (QED) is 0.851. The van der Waals surface area contributed by atoms with E-state index in [0.29, 0.717) is 12.1 Å². The van der Waals surface area contributed by atoms with E-state index in [1.807, 2.05) is 0 Å². The lowest BCUT2D eigenvalue weighted by Gasteiger charge is -2.29. The van der Waals surface area contributed by atoms with Crippen molar-refractivity contribution in [3.05, 3.63) is 11.3 Å².